The first-order valence-corrected chi connectivity index (χ1v) is 8.05. The normalized spacial score (nSPS) is 13.5. The number of carbonyl (C=O) groups excluding carboxylic acids is 1. The molecule has 5 heteroatoms. The van der Waals surface area contributed by atoms with Gasteiger partial charge in [0.05, 0.1) is 38.4 Å². The second-order valence-electron chi connectivity index (χ2n) is 6.16. The minimum absolute atomic E-state index is 0.294. The Morgan fingerprint density at radius 2 is 1.92 bits per heavy atom. The summed E-state index contributed by atoms with van der Waals surface area (Å²) in [7, 11) is 1.63. The molecule has 0 aromatic heterocycles. The molecule has 1 unspecified atom stereocenters. The molecule has 24 heavy (non-hydrogen) atoms. The van der Waals surface area contributed by atoms with Crippen molar-refractivity contribution in [3.63, 3.8) is 0 Å². The van der Waals surface area contributed by atoms with Crippen molar-refractivity contribution < 1.29 is 24.1 Å². The molecule has 1 aromatic rings. The summed E-state index contributed by atoms with van der Waals surface area (Å²) >= 11 is 0. The lowest BCUT2D eigenvalue weighted by atomic mass is 9.83. The van der Waals surface area contributed by atoms with Gasteiger partial charge in [-0.15, -0.1) is 0 Å². The first-order chi connectivity index (χ1) is 11.3. The van der Waals surface area contributed by atoms with Crippen LogP contribution >= 0.6 is 0 Å². The zero-order valence-corrected chi connectivity index (χ0v) is 15.2. The van der Waals surface area contributed by atoms with E-state index < -0.39 is 17.5 Å². The Balaban J connectivity index is 2.51. The summed E-state index contributed by atoms with van der Waals surface area (Å²) in [5.74, 6) is 0.392. The summed E-state index contributed by atoms with van der Waals surface area (Å²) in [4.78, 5) is 11.9. The summed E-state index contributed by atoms with van der Waals surface area (Å²) < 4.78 is 15.7. The van der Waals surface area contributed by atoms with Gasteiger partial charge in [0, 0.05) is 0 Å². The van der Waals surface area contributed by atoms with Crippen molar-refractivity contribution in [2.45, 2.75) is 40.4 Å². The average Bonchev–Trinajstić information content (AvgIpc) is 2.58. The predicted molar refractivity (Wildman–Crippen MR) is 92.8 cm³/mol. The number of aliphatic hydroxyl groups excluding tert-OH is 1. The van der Waals surface area contributed by atoms with E-state index in [4.69, 9.17) is 14.2 Å². The molecule has 1 N–H and O–H groups in total. The lowest BCUT2D eigenvalue weighted by Crippen LogP contribution is -2.39. The molecule has 0 aliphatic rings. The molecule has 0 saturated heterocycles. The van der Waals surface area contributed by atoms with Gasteiger partial charge >= 0.3 is 5.97 Å². The number of methoxy groups -OCH3 is 1. The van der Waals surface area contributed by atoms with E-state index in [1.54, 1.807) is 40.9 Å². The van der Waals surface area contributed by atoms with Crippen molar-refractivity contribution in [3.05, 3.63) is 41.5 Å². The van der Waals surface area contributed by atoms with Crippen LogP contribution in [0.25, 0.3) is 0 Å². The van der Waals surface area contributed by atoms with E-state index in [0.29, 0.717) is 25.4 Å². The van der Waals surface area contributed by atoms with Crippen LogP contribution in [0.1, 0.15) is 33.3 Å². The van der Waals surface area contributed by atoms with Crippen LogP contribution in [0.3, 0.4) is 0 Å². The Morgan fingerprint density at radius 3 is 2.46 bits per heavy atom. The largest absolute Gasteiger partial charge is 0.497 e. The van der Waals surface area contributed by atoms with Crippen LogP contribution in [0.5, 0.6) is 5.75 Å². The lowest BCUT2D eigenvalue weighted by Gasteiger charge is -2.28. The number of aliphatic hydroxyl groups is 1. The van der Waals surface area contributed by atoms with E-state index in [1.807, 2.05) is 24.3 Å². The van der Waals surface area contributed by atoms with Crippen molar-refractivity contribution in [2.75, 3.05) is 20.3 Å². The second-order valence-corrected chi connectivity index (χ2v) is 6.16. The van der Waals surface area contributed by atoms with Crippen LogP contribution in [0.4, 0.5) is 0 Å². The van der Waals surface area contributed by atoms with E-state index >= 15 is 0 Å². The van der Waals surface area contributed by atoms with Crippen LogP contribution in [-0.4, -0.2) is 37.5 Å². The standard InChI is InChI=1S/C19H28O5/c1-6-24-18(21)19(3,4)17(20)14(2)11-12-23-13-15-7-9-16(22-5)10-8-15/h7-11,17,20H,6,12-13H2,1-5H3/b14-11-. The smallest absolute Gasteiger partial charge is 0.314 e. The van der Waals surface area contributed by atoms with Gasteiger partial charge in [-0.3, -0.25) is 4.79 Å². The second kappa shape index (κ2) is 9.45. The molecule has 0 amide bonds. The van der Waals surface area contributed by atoms with Crippen LogP contribution in [0, 0.1) is 5.41 Å². The minimum Gasteiger partial charge on any atom is -0.497 e. The Bertz CT molecular complexity index is 545. The molecule has 0 spiro atoms. The first kappa shape index (κ1) is 20.2. The van der Waals surface area contributed by atoms with Gasteiger partial charge in [0.2, 0.25) is 0 Å². The maximum absolute atomic E-state index is 11.9. The molecular formula is C19H28O5. The van der Waals surface area contributed by atoms with Gasteiger partial charge in [-0.1, -0.05) is 18.2 Å². The van der Waals surface area contributed by atoms with Crippen molar-refractivity contribution in [3.8, 4) is 5.75 Å². The molecular weight excluding hydrogens is 308 g/mol. The van der Waals surface area contributed by atoms with E-state index in [1.165, 1.54) is 0 Å². The third-order valence-corrected chi connectivity index (χ3v) is 3.87. The molecule has 0 aliphatic heterocycles. The Hall–Kier alpha value is -1.85. The highest BCUT2D eigenvalue weighted by Crippen LogP contribution is 2.27. The molecule has 5 nitrogen and oxygen atoms in total. The van der Waals surface area contributed by atoms with Gasteiger partial charge in [0.15, 0.2) is 0 Å². The molecule has 0 saturated carbocycles. The Kier molecular flexibility index (Phi) is 7.95. The molecule has 134 valence electrons. The molecule has 0 fully saturated rings. The summed E-state index contributed by atoms with van der Waals surface area (Å²) in [6, 6.07) is 7.64. The van der Waals surface area contributed by atoms with Crippen molar-refractivity contribution in [1.29, 1.82) is 0 Å². The fraction of sp³-hybridized carbons (Fsp3) is 0.526. The Morgan fingerprint density at radius 1 is 1.29 bits per heavy atom. The quantitative estimate of drug-likeness (QED) is 0.426. The van der Waals surface area contributed by atoms with Gasteiger partial charge in [-0.2, -0.15) is 0 Å². The fourth-order valence-electron chi connectivity index (χ4n) is 2.20. The van der Waals surface area contributed by atoms with Crippen molar-refractivity contribution in [2.24, 2.45) is 5.41 Å². The van der Waals surface area contributed by atoms with Crippen LogP contribution in [0.15, 0.2) is 35.9 Å². The number of esters is 1. The van der Waals surface area contributed by atoms with Gasteiger partial charge in [0.1, 0.15) is 5.75 Å². The number of carbonyl (C=O) groups is 1. The first-order valence-electron chi connectivity index (χ1n) is 8.05. The lowest BCUT2D eigenvalue weighted by molar-refractivity contribution is -0.158. The highest BCUT2D eigenvalue weighted by atomic mass is 16.5. The van der Waals surface area contributed by atoms with Gasteiger partial charge in [-0.05, 0) is 51.0 Å². The molecule has 1 atom stereocenters. The molecule has 0 bridgehead atoms. The van der Waals surface area contributed by atoms with Crippen LogP contribution in [0.2, 0.25) is 0 Å². The number of benzene rings is 1. The number of hydrogen-bond acceptors (Lipinski definition) is 5. The molecule has 1 aromatic carbocycles. The predicted octanol–water partition coefficient (Wildman–Crippen LogP) is 3.11. The number of hydrogen-bond donors (Lipinski definition) is 1. The molecule has 0 heterocycles. The van der Waals surface area contributed by atoms with Gasteiger partial charge < -0.3 is 19.3 Å². The van der Waals surface area contributed by atoms with Crippen LogP contribution in [-0.2, 0) is 20.9 Å². The fourth-order valence-corrected chi connectivity index (χ4v) is 2.20. The molecule has 1 rings (SSSR count). The summed E-state index contributed by atoms with van der Waals surface area (Å²) in [5, 5.41) is 10.4. The third-order valence-electron chi connectivity index (χ3n) is 3.87. The summed E-state index contributed by atoms with van der Waals surface area (Å²) in [6.07, 6.45) is 0.871. The minimum atomic E-state index is -0.993. The highest BCUT2D eigenvalue weighted by molar-refractivity contribution is 5.77. The number of ether oxygens (including phenoxy) is 3. The SMILES string of the molecule is CCOC(=O)C(C)(C)C(O)/C(C)=C\COCc1ccc(OC)cc1. The summed E-state index contributed by atoms with van der Waals surface area (Å²) in [6.45, 7) is 7.98. The average molecular weight is 336 g/mol. The monoisotopic (exact) mass is 336 g/mol. The summed E-state index contributed by atoms with van der Waals surface area (Å²) in [5.41, 5.74) is 0.726. The zero-order chi connectivity index (χ0) is 18.2. The maximum Gasteiger partial charge on any atom is 0.314 e. The zero-order valence-electron chi connectivity index (χ0n) is 15.2. The van der Waals surface area contributed by atoms with E-state index in [-0.39, 0.29) is 0 Å². The highest BCUT2D eigenvalue weighted by Gasteiger charge is 2.37. The van der Waals surface area contributed by atoms with Crippen molar-refractivity contribution in [1.82, 2.24) is 0 Å². The molecule has 0 radical (unpaired) electrons. The van der Waals surface area contributed by atoms with E-state index in [9.17, 15) is 9.90 Å². The van der Waals surface area contributed by atoms with Crippen molar-refractivity contribution >= 4 is 5.97 Å². The maximum atomic E-state index is 11.9. The Labute approximate surface area is 144 Å². The van der Waals surface area contributed by atoms with Crippen LogP contribution < -0.4 is 4.74 Å². The van der Waals surface area contributed by atoms with E-state index in [2.05, 4.69) is 0 Å². The molecule has 0 aliphatic carbocycles. The van der Waals surface area contributed by atoms with Gasteiger partial charge in [0.25, 0.3) is 0 Å². The van der Waals surface area contributed by atoms with Gasteiger partial charge in [-0.25, -0.2) is 0 Å². The van der Waals surface area contributed by atoms with E-state index in [0.717, 1.165) is 11.3 Å². The topological polar surface area (TPSA) is 65.0 Å². The number of rotatable bonds is 9. The third kappa shape index (κ3) is 5.65.